The third-order valence-electron chi connectivity index (χ3n) is 2.99. The molecule has 1 saturated heterocycles. The fraction of sp³-hybridized carbons (Fsp3) is 0.385. The van der Waals surface area contributed by atoms with Gasteiger partial charge in [0.15, 0.2) is 0 Å². The maximum atomic E-state index is 11.9. The van der Waals surface area contributed by atoms with E-state index in [4.69, 9.17) is 0 Å². The van der Waals surface area contributed by atoms with Gasteiger partial charge in [-0.25, -0.2) is 0 Å². The lowest BCUT2D eigenvalue weighted by Gasteiger charge is -2.27. The molecule has 6 heteroatoms. The van der Waals surface area contributed by atoms with Gasteiger partial charge in [-0.3, -0.25) is 9.59 Å². The smallest absolute Gasteiger partial charge is 0.252 e. The monoisotopic (exact) mass is 325 g/mol. The van der Waals surface area contributed by atoms with Crippen molar-refractivity contribution >= 4 is 27.7 Å². The van der Waals surface area contributed by atoms with Crippen LogP contribution in [-0.2, 0) is 4.79 Å². The molecule has 1 aromatic carbocycles. The van der Waals surface area contributed by atoms with Crippen molar-refractivity contribution in [2.24, 2.45) is 0 Å². The van der Waals surface area contributed by atoms with E-state index in [2.05, 4.69) is 26.6 Å². The van der Waals surface area contributed by atoms with Crippen LogP contribution in [0.4, 0.5) is 0 Å². The molecule has 0 bridgehead atoms. The summed E-state index contributed by atoms with van der Waals surface area (Å²) in [7, 11) is 0. The largest absolute Gasteiger partial charge is 0.343 e. The molecule has 1 fully saturated rings. The molecule has 0 radical (unpaired) electrons. The molecule has 5 nitrogen and oxygen atoms in total. The Kier molecular flexibility index (Phi) is 4.93. The molecule has 0 unspecified atom stereocenters. The highest BCUT2D eigenvalue weighted by atomic mass is 79.9. The first-order valence-electron chi connectivity index (χ1n) is 6.19. The van der Waals surface area contributed by atoms with Crippen LogP contribution in [0.25, 0.3) is 0 Å². The number of rotatable bonds is 3. The standard InChI is InChI=1S/C13H16BrN3O2/c14-11-4-2-1-3-10(11)13(19)16-9-12(18)17-7-5-15-6-8-17/h1-4,15H,5-9H2,(H,16,19). The molecule has 0 aliphatic carbocycles. The Morgan fingerprint density at radius 2 is 1.95 bits per heavy atom. The Balaban J connectivity index is 1.86. The van der Waals surface area contributed by atoms with Crippen LogP contribution in [0, 0.1) is 0 Å². The second-order valence-corrected chi connectivity index (χ2v) is 5.15. The van der Waals surface area contributed by atoms with Gasteiger partial charge in [0.1, 0.15) is 0 Å². The lowest BCUT2D eigenvalue weighted by atomic mass is 10.2. The van der Waals surface area contributed by atoms with Crippen molar-refractivity contribution in [3.63, 3.8) is 0 Å². The number of carbonyl (C=O) groups excluding carboxylic acids is 2. The fourth-order valence-corrected chi connectivity index (χ4v) is 2.39. The van der Waals surface area contributed by atoms with Crippen molar-refractivity contribution in [2.45, 2.75) is 0 Å². The highest BCUT2D eigenvalue weighted by Crippen LogP contribution is 2.15. The number of amides is 2. The quantitative estimate of drug-likeness (QED) is 0.856. The molecule has 102 valence electrons. The van der Waals surface area contributed by atoms with Crippen LogP contribution in [0.1, 0.15) is 10.4 Å². The predicted octanol–water partition coefficient (Wildman–Crippen LogP) is 0.611. The van der Waals surface area contributed by atoms with Gasteiger partial charge in [-0.2, -0.15) is 0 Å². The first-order valence-corrected chi connectivity index (χ1v) is 6.99. The summed E-state index contributed by atoms with van der Waals surface area (Å²) >= 11 is 3.32. The number of hydrogen-bond donors (Lipinski definition) is 2. The second-order valence-electron chi connectivity index (χ2n) is 4.29. The van der Waals surface area contributed by atoms with E-state index in [1.807, 2.05) is 6.07 Å². The van der Waals surface area contributed by atoms with E-state index >= 15 is 0 Å². The Morgan fingerprint density at radius 3 is 2.63 bits per heavy atom. The molecule has 1 aliphatic rings. The van der Waals surface area contributed by atoms with Crippen LogP contribution in [0.2, 0.25) is 0 Å². The lowest BCUT2D eigenvalue weighted by molar-refractivity contribution is -0.130. The van der Waals surface area contributed by atoms with Crippen molar-refractivity contribution < 1.29 is 9.59 Å². The fourth-order valence-electron chi connectivity index (χ4n) is 1.92. The van der Waals surface area contributed by atoms with E-state index < -0.39 is 0 Å². The van der Waals surface area contributed by atoms with Crippen LogP contribution in [0.15, 0.2) is 28.7 Å². The highest BCUT2D eigenvalue weighted by molar-refractivity contribution is 9.10. The minimum absolute atomic E-state index is 0.0399. The maximum absolute atomic E-state index is 11.9. The zero-order valence-corrected chi connectivity index (χ0v) is 12.1. The highest BCUT2D eigenvalue weighted by Gasteiger charge is 2.17. The topological polar surface area (TPSA) is 61.4 Å². The molecular formula is C13H16BrN3O2. The van der Waals surface area contributed by atoms with Crippen molar-refractivity contribution in [1.29, 1.82) is 0 Å². The summed E-state index contributed by atoms with van der Waals surface area (Å²) in [6.45, 7) is 3.06. The van der Waals surface area contributed by atoms with E-state index in [1.54, 1.807) is 23.1 Å². The molecule has 2 N–H and O–H groups in total. The van der Waals surface area contributed by atoms with E-state index in [1.165, 1.54) is 0 Å². The zero-order valence-electron chi connectivity index (χ0n) is 10.5. The van der Waals surface area contributed by atoms with Gasteiger partial charge in [-0.1, -0.05) is 12.1 Å². The van der Waals surface area contributed by atoms with Crippen LogP contribution >= 0.6 is 15.9 Å². The molecule has 1 aliphatic heterocycles. The van der Waals surface area contributed by atoms with Gasteiger partial charge < -0.3 is 15.5 Å². The SMILES string of the molecule is O=C(NCC(=O)N1CCNCC1)c1ccccc1Br. The summed E-state index contributed by atoms with van der Waals surface area (Å²) in [6, 6.07) is 7.15. The third-order valence-corrected chi connectivity index (χ3v) is 3.68. The Morgan fingerprint density at radius 1 is 1.26 bits per heavy atom. The van der Waals surface area contributed by atoms with Gasteiger partial charge in [0.05, 0.1) is 12.1 Å². The molecule has 0 spiro atoms. The summed E-state index contributed by atoms with van der Waals surface area (Å²) in [4.78, 5) is 25.6. The number of piperazine rings is 1. The van der Waals surface area contributed by atoms with Gasteiger partial charge in [-0.05, 0) is 28.1 Å². The van der Waals surface area contributed by atoms with Crippen LogP contribution < -0.4 is 10.6 Å². The molecule has 1 heterocycles. The van der Waals surface area contributed by atoms with Crippen molar-refractivity contribution in [3.05, 3.63) is 34.3 Å². The van der Waals surface area contributed by atoms with E-state index in [0.29, 0.717) is 18.7 Å². The predicted molar refractivity (Wildman–Crippen MR) is 75.9 cm³/mol. The molecule has 0 aromatic heterocycles. The minimum atomic E-state index is -0.240. The Bertz CT molecular complexity index is 473. The first kappa shape index (κ1) is 14.0. The van der Waals surface area contributed by atoms with Gasteiger partial charge >= 0.3 is 0 Å². The Hall–Kier alpha value is -1.40. The minimum Gasteiger partial charge on any atom is -0.343 e. The van der Waals surface area contributed by atoms with Crippen LogP contribution in [0.5, 0.6) is 0 Å². The molecule has 2 rings (SSSR count). The van der Waals surface area contributed by atoms with Gasteiger partial charge in [-0.15, -0.1) is 0 Å². The maximum Gasteiger partial charge on any atom is 0.252 e. The zero-order chi connectivity index (χ0) is 13.7. The van der Waals surface area contributed by atoms with Gasteiger partial charge in [0, 0.05) is 30.7 Å². The number of carbonyl (C=O) groups is 2. The van der Waals surface area contributed by atoms with Crippen LogP contribution in [0.3, 0.4) is 0 Å². The number of hydrogen-bond acceptors (Lipinski definition) is 3. The average molecular weight is 326 g/mol. The first-order chi connectivity index (χ1) is 9.18. The van der Waals surface area contributed by atoms with Crippen molar-refractivity contribution in [3.8, 4) is 0 Å². The Labute approximate surface area is 120 Å². The summed E-state index contributed by atoms with van der Waals surface area (Å²) in [5, 5.41) is 5.84. The van der Waals surface area contributed by atoms with Crippen molar-refractivity contribution in [2.75, 3.05) is 32.7 Å². The number of halogens is 1. The van der Waals surface area contributed by atoms with Gasteiger partial charge in [0.25, 0.3) is 5.91 Å². The van der Waals surface area contributed by atoms with E-state index in [-0.39, 0.29) is 18.4 Å². The number of benzene rings is 1. The van der Waals surface area contributed by atoms with Crippen molar-refractivity contribution in [1.82, 2.24) is 15.5 Å². The lowest BCUT2D eigenvalue weighted by Crippen LogP contribution is -2.49. The summed E-state index contributed by atoms with van der Waals surface area (Å²) < 4.78 is 0.724. The normalized spacial score (nSPS) is 15.1. The van der Waals surface area contributed by atoms with Crippen LogP contribution in [-0.4, -0.2) is 49.4 Å². The third kappa shape index (κ3) is 3.78. The average Bonchev–Trinajstić information content (AvgIpc) is 2.46. The summed E-state index contributed by atoms with van der Waals surface area (Å²) in [6.07, 6.45) is 0. The second kappa shape index (κ2) is 6.68. The number of nitrogens with one attached hydrogen (secondary N) is 2. The van der Waals surface area contributed by atoms with E-state index in [9.17, 15) is 9.59 Å². The molecule has 0 saturated carbocycles. The summed E-state index contributed by atoms with van der Waals surface area (Å²) in [5.41, 5.74) is 0.538. The van der Waals surface area contributed by atoms with E-state index in [0.717, 1.165) is 17.6 Å². The van der Waals surface area contributed by atoms with Gasteiger partial charge in [0.2, 0.25) is 5.91 Å². The molecule has 1 aromatic rings. The molecule has 19 heavy (non-hydrogen) atoms. The summed E-state index contributed by atoms with van der Waals surface area (Å²) in [5.74, 6) is -0.280. The molecular weight excluding hydrogens is 310 g/mol. The molecule has 2 amide bonds. The number of nitrogens with zero attached hydrogens (tertiary/aromatic N) is 1. The molecule has 0 atom stereocenters.